The average molecular weight is 855 g/mol. The van der Waals surface area contributed by atoms with Crippen molar-refractivity contribution in [3.05, 3.63) is 11.6 Å². The molecule has 4 saturated carbocycles. The second-order valence-corrected chi connectivity index (χ2v) is 20.5. The van der Waals surface area contributed by atoms with Gasteiger partial charge in [-0.15, -0.1) is 0 Å². The van der Waals surface area contributed by atoms with Crippen LogP contribution in [0.3, 0.4) is 0 Å². The van der Waals surface area contributed by atoms with E-state index in [0.717, 1.165) is 5.57 Å². The predicted molar refractivity (Wildman–Crippen MR) is 202 cm³/mol. The SMILES string of the molecule is C[C@]1(C(=O)O)C[C@@H](O)[C@]2(C)CC[C@]3(C)C(=CC(=O)[C@@H]4[C@@]5(C)CC[C@H](O[C@H]6O[C@H](C(=O)O)[C@@H](O)[C@H](O)[C@H]6O[C@@H]6O[C@H](C(=O)O)[C@@H](O)[C@H](O)[C@H]6O)[C@](C)(CO)[C@@H]5CC[C@]43C)[C@@H]2C1. The normalized spacial score (nSPS) is 54.0. The van der Waals surface area contributed by atoms with E-state index in [1.807, 2.05) is 13.8 Å². The van der Waals surface area contributed by atoms with Crippen molar-refractivity contribution >= 4 is 23.7 Å². The van der Waals surface area contributed by atoms with Crippen LogP contribution in [0.1, 0.15) is 92.9 Å². The number of allylic oxidation sites excluding steroid dienone is 2. The lowest BCUT2D eigenvalue weighted by atomic mass is 9.33. The Kier molecular flexibility index (Phi) is 11.3. The first-order chi connectivity index (χ1) is 27.8. The summed E-state index contributed by atoms with van der Waals surface area (Å²) in [6.07, 6.45) is -16.9. The largest absolute Gasteiger partial charge is 0.481 e. The maximum atomic E-state index is 14.9. The quantitative estimate of drug-likeness (QED) is 0.146. The smallest absolute Gasteiger partial charge is 0.335 e. The molecule has 0 bridgehead atoms. The molecule has 21 atom stereocenters. The molecule has 7 aliphatic rings. The predicted octanol–water partition coefficient (Wildman–Crippen LogP) is 0.189. The zero-order valence-corrected chi connectivity index (χ0v) is 34.8. The number of ketones is 1. The molecule has 18 heteroatoms. The lowest BCUT2D eigenvalue weighted by Crippen LogP contribution is -2.69. The van der Waals surface area contributed by atoms with Gasteiger partial charge < -0.3 is 70.0 Å². The van der Waals surface area contributed by atoms with Crippen molar-refractivity contribution in [2.45, 2.75) is 167 Å². The Morgan fingerprint density at radius 3 is 1.90 bits per heavy atom. The molecule has 0 unspecified atom stereocenters. The molecule has 0 radical (unpaired) electrons. The van der Waals surface area contributed by atoms with Crippen molar-refractivity contribution in [3.63, 3.8) is 0 Å². The Labute approximate surface area is 347 Å². The van der Waals surface area contributed by atoms with Crippen molar-refractivity contribution in [3.8, 4) is 0 Å². The first-order valence-electron chi connectivity index (χ1n) is 21.0. The fourth-order valence-corrected chi connectivity index (χ4v) is 13.5. The molecule has 18 nitrogen and oxygen atoms in total. The third kappa shape index (κ3) is 6.37. The molecule has 5 aliphatic carbocycles. The summed E-state index contributed by atoms with van der Waals surface area (Å²) in [5.74, 6) is -5.68. The number of ether oxygens (including phenoxy) is 4. The maximum Gasteiger partial charge on any atom is 0.335 e. The van der Waals surface area contributed by atoms with Gasteiger partial charge in [0.2, 0.25) is 0 Å². The number of aliphatic hydroxyl groups excluding tert-OH is 7. The van der Waals surface area contributed by atoms with E-state index in [4.69, 9.17) is 18.9 Å². The van der Waals surface area contributed by atoms with Crippen LogP contribution in [-0.2, 0) is 38.1 Å². The second kappa shape index (κ2) is 15.0. The summed E-state index contributed by atoms with van der Waals surface area (Å²) in [5, 5.41) is 106. The van der Waals surface area contributed by atoms with Crippen LogP contribution in [0.5, 0.6) is 0 Å². The van der Waals surface area contributed by atoms with Crippen molar-refractivity contribution in [1.82, 2.24) is 0 Å². The van der Waals surface area contributed by atoms with Gasteiger partial charge in [0, 0.05) is 16.7 Å². The van der Waals surface area contributed by atoms with Crippen LogP contribution in [0.4, 0.5) is 0 Å². The molecule has 6 fully saturated rings. The van der Waals surface area contributed by atoms with Crippen molar-refractivity contribution < 1.29 is 89.2 Å². The van der Waals surface area contributed by atoms with Crippen LogP contribution in [0.25, 0.3) is 0 Å². The number of carboxylic acid groups (broad SMARTS) is 3. The minimum absolute atomic E-state index is 0.0957. The second-order valence-electron chi connectivity index (χ2n) is 20.5. The summed E-state index contributed by atoms with van der Waals surface area (Å²) in [4.78, 5) is 51.4. The fourth-order valence-electron chi connectivity index (χ4n) is 13.5. The highest BCUT2D eigenvalue weighted by molar-refractivity contribution is 5.95. The molecule has 338 valence electrons. The summed E-state index contributed by atoms with van der Waals surface area (Å²) in [7, 11) is 0. The molecular weight excluding hydrogens is 792 g/mol. The number of fused-ring (bicyclic) bond motifs is 7. The van der Waals surface area contributed by atoms with E-state index in [2.05, 4.69) is 13.8 Å². The van der Waals surface area contributed by atoms with Gasteiger partial charge in [-0.2, -0.15) is 0 Å². The van der Waals surface area contributed by atoms with Crippen molar-refractivity contribution in [2.24, 2.45) is 50.2 Å². The minimum Gasteiger partial charge on any atom is -0.481 e. The summed E-state index contributed by atoms with van der Waals surface area (Å²) in [6, 6.07) is 0. The van der Waals surface area contributed by atoms with Gasteiger partial charge in [0.05, 0.1) is 24.2 Å². The van der Waals surface area contributed by atoms with E-state index in [-0.39, 0.29) is 30.5 Å². The van der Waals surface area contributed by atoms with E-state index in [1.54, 1.807) is 19.9 Å². The molecule has 7 rings (SSSR count). The highest BCUT2D eigenvalue weighted by Crippen LogP contribution is 2.75. The van der Waals surface area contributed by atoms with Crippen LogP contribution in [0.15, 0.2) is 11.6 Å². The Morgan fingerprint density at radius 1 is 0.717 bits per heavy atom. The fraction of sp³-hybridized carbons (Fsp3) is 0.857. The average Bonchev–Trinajstić information content (AvgIpc) is 3.16. The molecular formula is C42H62O18. The topological polar surface area (TPSA) is 307 Å². The number of hydrogen-bond donors (Lipinski definition) is 10. The molecule has 2 heterocycles. The van der Waals surface area contributed by atoms with E-state index in [0.29, 0.717) is 38.5 Å². The number of aliphatic carboxylic acids is 3. The Bertz CT molecular complexity index is 1790. The van der Waals surface area contributed by atoms with Crippen LogP contribution in [0.2, 0.25) is 0 Å². The molecule has 2 aliphatic heterocycles. The van der Waals surface area contributed by atoms with Gasteiger partial charge in [0.15, 0.2) is 30.6 Å². The molecule has 0 aromatic heterocycles. The van der Waals surface area contributed by atoms with E-state index < -0.39 is 137 Å². The number of hydrogen-bond acceptors (Lipinski definition) is 15. The summed E-state index contributed by atoms with van der Waals surface area (Å²) < 4.78 is 23.2. The Hall–Kier alpha value is -2.62. The number of carbonyl (C=O) groups is 4. The number of carboxylic acids is 3. The molecule has 0 amide bonds. The van der Waals surface area contributed by atoms with Gasteiger partial charge in [-0.1, -0.05) is 40.2 Å². The zero-order valence-electron chi connectivity index (χ0n) is 34.8. The van der Waals surface area contributed by atoms with Gasteiger partial charge >= 0.3 is 17.9 Å². The van der Waals surface area contributed by atoms with Crippen LogP contribution in [0, 0.1) is 50.2 Å². The maximum absolute atomic E-state index is 14.9. The van der Waals surface area contributed by atoms with E-state index in [9.17, 15) is 70.2 Å². The first-order valence-corrected chi connectivity index (χ1v) is 21.0. The Morgan fingerprint density at radius 2 is 1.32 bits per heavy atom. The van der Waals surface area contributed by atoms with Crippen molar-refractivity contribution in [2.75, 3.05) is 6.61 Å². The molecule has 0 aromatic carbocycles. The first kappa shape index (κ1) is 45.4. The summed E-state index contributed by atoms with van der Waals surface area (Å²) >= 11 is 0. The molecule has 2 saturated heterocycles. The van der Waals surface area contributed by atoms with Crippen LogP contribution >= 0.6 is 0 Å². The third-order valence-corrected chi connectivity index (χ3v) is 17.4. The van der Waals surface area contributed by atoms with Gasteiger partial charge in [0.1, 0.15) is 36.6 Å². The summed E-state index contributed by atoms with van der Waals surface area (Å²) in [5.41, 5.74) is -3.87. The van der Waals surface area contributed by atoms with Gasteiger partial charge in [-0.05, 0) is 92.4 Å². The summed E-state index contributed by atoms with van der Waals surface area (Å²) in [6.45, 7) is 11.4. The molecule has 10 N–H and O–H groups in total. The lowest BCUT2D eigenvalue weighted by Gasteiger charge is -2.71. The third-order valence-electron chi connectivity index (χ3n) is 17.4. The number of rotatable bonds is 8. The molecule has 60 heavy (non-hydrogen) atoms. The highest BCUT2D eigenvalue weighted by Gasteiger charge is 2.72. The number of carbonyl (C=O) groups excluding carboxylic acids is 1. The Balaban J connectivity index is 1.20. The van der Waals surface area contributed by atoms with Crippen LogP contribution < -0.4 is 0 Å². The standard InChI is InChI=1S/C42H62O18/c1-37(36(55)56)14-18-17-13-19(44)31-39(3)9-8-22(40(4,16-43)20(39)7-10-42(31,6)41(17,5)12-11-38(18,2)21(45)15-37)57-35-30(26(49)25(48)29(59-35)33(53)54)60-34-27(50)23(46)24(47)28(58-34)32(51)52/h13,18,20-31,34-35,43,45-50H,7-12,14-16H2,1-6H3,(H,51,52)(H,53,54)(H,55,56)/t18-,20+,21+,22-,23-,24-,25-,26-,27+,28-,29-,30+,31+,34-,35-,37+,38+,39-,40+,41+,42+/m0/s1. The zero-order chi connectivity index (χ0) is 44.4. The monoisotopic (exact) mass is 854 g/mol. The number of aliphatic hydroxyl groups is 7. The van der Waals surface area contributed by atoms with Gasteiger partial charge in [-0.25, -0.2) is 9.59 Å². The lowest BCUT2D eigenvalue weighted by molar-refractivity contribution is -0.372. The highest BCUT2D eigenvalue weighted by atomic mass is 16.8. The van der Waals surface area contributed by atoms with Crippen LogP contribution in [-0.4, -0.2) is 155 Å². The minimum atomic E-state index is -2.11. The van der Waals surface area contributed by atoms with E-state index in [1.165, 1.54) is 0 Å². The van der Waals surface area contributed by atoms with Crippen molar-refractivity contribution in [1.29, 1.82) is 0 Å². The van der Waals surface area contributed by atoms with Gasteiger partial charge in [0.25, 0.3) is 0 Å². The van der Waals surface area contributed by atoms with E-state index >= 15 is 0 Å². The molecule has 0 aromatic rings. The molecule has 0 spiro atoms. The van der Waals surface area contributed by atoms with Gasteiger partial charge in [-0.3, -0.25) is 9.59 Å².